The van der Waals surface area contributed by atoms with Crippen molar-refractivity contribution in [2.45, 2.75) is 12.7 Å². The molecule has 0 aliphatic carbocycles. The molecule has 1 N–H and O–H groups in total. The number of para-hydroxylation sites is 1. The standard InChI is InChI=1S/C11H12O4/c1-14-11-8(10(12)13)6-7-4-2-3-5-9(7)15-11/h2-5,8,11H,6H2,1H3,(H,12,13). The van der Waals surface area contributed by atoms with Gasteiger partial charge >= 0.3 is 5.97 Å². The fourth-order valence-corrected chi connectivity index (χ4v) is 1.74. The Balaban J connectivity index is 2.30. The Morgan fingerprint density at radius 2 is 2.27 bits per heavy atom. The number of aliphatic carboxylic acids is 1. The molecule has 2 unspecified atom stereocenters. The predicted molar refractivity (Wildman–Crippen MR) is 52.7 cm³/mol. The maximum Gasteiger partial charge on any atom is 0.313 e. The van der Waals surface area contributed by atoms with E-state index in [4.69, 9.17) is 14.6 Å². The lowest BCUT2D eigenvalue weighted by Crippen LogP contribution is -2.39. The predicted octanol–water partition coefficient (Wildman–Crippen LogP) is 1.29. The lowest BCUT2D eigenvalue weighted by atomic mass is 9.95. The maximum atomic E-state index is 11.0. The highest BCUT2D eigenvalue weighted by Crippen LogP contribution is 2.30. The summed E-state index contributed by atoms with van der Waals surface area (Å²) in [5.41, 5.74) is 0.915. The van der Waals surface area contributed by atoms with E-state index in [1.807, 2.05) is 24.3 Å². The van der Waals surface area contributed by atoms with Crippen LogP contribution >= 0.6 is 0 Å². The Hall–Kier alpha value is -1.55. The molecule has 0 saturated carbocycles. The molecule has 0 amide bonds. The average Bonchev–Trinajstić information content (AvgIpc) is 2.27. The van der Waals surface area contributed by atoms with Gasteiger partial charge in [-0.25, -0.2) is 0 Å². The van der Waals surface area contributed by atoms with E-state index in [1.165, 1.54) is 7.11 Å². The summed E-state index contributed by atoms with van der Waals surface area (Å²) in [4.78, 5) is 11.0. The number of benzene rings is 1. The van der Waals surface area contributed by atoms with E-state index in [0.29, 0.717) is 12.2 Å². The number of methoxy groups -OCH3 is 1. The van der Waals surface area contributed by atoms with Gasteiger partial charge in [0.25, 0.3) is 0 Å². The number of carboxylic acid groups (broad SMARTS) is 1. The number of ether oxygens (including phenoxy) is 2. The first-order valence-corrected chi connectivity index (χ1v) is 4.72. The van der Waals surface area contributed by atoms with Crippen molar-refractivity contribution in [2.24, 2.45) is 5.92 Å². The molecule has 1 aliphatic heterocycles. The lowest BCUT2D eigenvalue weighted by molar-refractivity contribution is -0.161. The number of fused-ring (bicyclic) bond motifs is 1. The van der Waals surface area contributed by atoms with Crippen LogP contribution in [0.4, 0.5) is 0 Å². The zero-order chi connectivity index (χ0) is 10.8. The summed E-state index contributed by atoms with van der Waals surface area (Å²) in [5.74, 6) is -0.817. The molecule has 4 nitrogen and oxygen atoms in total. The van der Waals surface area contributed by atoms with E-state index >= 15 is 0 Å². The number of carbonyl (C=O) groups is 1. The molecule has 1 aromatic carbocycles. The molecular formula is C11H12O4. The second-order valence-corrected chi connectivity index (χ2v) is 3.48. The molecule has 15 heavy (non-hydrogen) atoms. The number of carboxylic acids is 1. The zero-order valence-electron chi connectivity index (χ0n) is 8.34. The van der Waals surface area contributed by atoms with Crippen molar-refractivity contribution >= 4 is 5.97 Å². The second-order valence-electron chi connectivity index (χ2n) is 3.48. The summed E-state index contributed by atoms with van der Waals surface area (Å²) in [6, 6.07) is 7.41. The number of hydrogen-bond acceptors (Lipinski definition) is 3. The number of hydrogen-bond donors (Lipinski definition) is 1. The fraction of sp³-hybridized carbons (Fsp3) is 0.364. The molecule has 4 heteroatoms. The minimum atomic E-state index is -0.892. The smallest absolute Gasteiger partial charge is 0.313 e. The van der Waals surface area contributed by atoms with Crippen LogP contribution in [0.3, 0.4) is 0 Å². The highest BCUT2D eigenvalue weighted by atomic mass is 16.7. The highest BCUT2D eigenvalue weighted by Gasteiger charge is 2.35. The summed E-state index contributed by atoms with van der Waals surface area (Å²) >= 11 is 0. The summed E-state index contributed by atoms with van der Waals surface area (Å²) < 4.78 is 10.5. The Morgan fingerprint density at radius 1 is 1.53 bits per heavy atom. The van der Waals surface area contributed by atoms with Gasteiger partial charge in [0.1, 0.15) is 11.7 Å². The van der Waals surface area contributed by atoms with Gasteiger partial charge < -0.3 is 14.6 Å². The van der Waals surface area contributed by atoms with Crippen LogP contribution in [-0.4, -0.2) is 24.5 Å². The number of rotatable bonds is 2. The van der Waals surface area contributed by atoms with E-state index < -0.39 is 18.2 Å². The highest BCUT2D eigenvalue weighted by molar-refractivity contribution is 5.71. The van der Waals surface area contributed by atoms with Crippen molar-refractivity contribution in [3.8, 4) is 5.75 Å². The van der Waals surface area contributed by atoms with E-state index in [0.717, 1.165) is 5.56 Å². The third kappa shape index (κ3) is 1.80. The summed E-state index contributed by atoms with van der Waals surface area (Å²) in [6.07, 6.45) is -0.248. The van der Waals surface area contributed by atoms with Crippen LogP contribution in [0.2, 0.25) is 0 Å². The fourth-order valence-electron chi connectivity index (χ4n) is 1.74. The van der Waals surface area contributed by atoms with Crippen molar-refractivity contribution in [3.05, 3.63) is 29.8 Å². The van der Waals surface area contributed by atoms with E-state index in [2.05, 4.69) is 0 Å². The maximum absolute atomic E-state index is 11.0. The van der Waals surface area contributed by atoms with Crippen molar-refractivity contribution in [3.63, 3.8) is 0 Å². The van der Waals surface area contributed by atoms with Crippen LogP contribution < -0.4 is 4.74 Å². The quantitative estimate of drug-likeness (QED) is 0.795. The molecule has 0 radical (unpaired) electrons. The van der Waals surface area contributed by atoms with E-state index in [-0.39, 0.29) is 0 Å². The molecule has 2 atom stereocenters. The Labute approximate surface area is 87.4 Å². The first-order valence-electron chi connectivity index (χ1n) is 4.72. The van der Waals surface area contributed by atoms with Crippen LogP contribution in [0.5, 0.6) is 5.75 Å². The van der Waals surface area contributed by atoms with Crippen LogP contribution in [0, 0.1) is 5.92 Å². The topological polar surface area (TPSA) is 55.8 Å². The third-order valence-corrected chi connectivity index (χ3v) is 2.53. The molecule has 0 bridgehead atoms. The largest absolute Gasteiger partial charge is 0.481 e. The van der Waals surface area contributed by atoms with E-state index in [1.54, 1.807) is 0 Å². The normalized spacial score (nSPS) is 24.1. The molecule has 0 saturated heterocycles. The molecule has 1 aliphatic rings. The van der Waals surface area contributed by atoms with Gasteiger partial charge in [-0.2, -0.15) is 0 Å². The SMILES string of the molecule is COC1Oc2ccccc2CC1C(=O)O. The van der Waals surface area contributed by atoms with Crippen LogP contribution in [-0.2, 0) is 16.0 Å². The molecule has 1 heterocycles. The van der Waals surface area contributed by atoms with Gasteiger partial charge in [0.15, 0.2) is 0 Å². The van der Waals surface area contributed by atoms with Gasteiger partial charge in [-0.1, -0.05) is 18.2 Å². The van der Waals surface area contributed by atoms with Crippen LogP contribution in [0.25, 0.3) is 0 Å². The van der Waals surface area contributed by atoms with Crippen molar-refractivity contribution in [1.82, 2.24) is 0 Å². The molecule has 0 aromatic heterocycles. The minimum absolute atomic E-state index is 0.448. The molecule has 0 fully saturated rings. The monoisotopic (exact) mass is 208 g/mol. The molecule has 80 valence electrons. The molecule has 2 rings (SSSR count). The molecule has 0 spiro atoms. The first-order chi connectivity index (χ1) is 7.22. The Kier molecular flexibility index (Phi) is 2.60. The minimum Gasteiger partial charge on any atom is -0.481 e. The van der Waals surface area contributed by atoms with Gasteiger partial charge in [-0.05, 0) is 18.1 Å². The van der Waals surface area contributed by atoms with Gasteiger partial charge in [0.2, 0.25) is 6.29 Å². The van der Waals surface area contributed by atoms with Crippen LogP contribution in [0.1, 0.15) is 5.56 Å². The van der Waals surface area contributed by atoms with Gasteiger partial charge in [0.05, 0.1) is 0 Å². The third-order valence-electron chi connectivity index (χ3n) is 2.53. The Morgan fingerprint density at radius 3 is 2.93 bits per heavy atom. The molecule has 1 aromatic rings. The Bertz CT molecular complexity index is 375. The average molecular weight is 208 g/mol. The summed E-state index contributed by atoms with van der Waals surface area (Å²) in [5, 5.41) is 9.01. The molecular weight excluding hydrogens is 196 g/mol. The summed E-state index contributed by atoms with van der Waals surface area (Å²) in [6.45, 7) is 0. The zero-order valence-corrected chi connectivity index (χ0v) is 8.34. The second kappa shape index (κ2) is 3.90. The van der Waals surface area contributed by atoms with Gasteiger partial charge in [0, 0.05) is 7.11 Å². The van der Waals surface area contributed by atoms with Gasteiger partial charge in [-0.3, -0.25) is 4.79 Å². The van der Waals surface area contributed by atoms with Gasteiger partial charge in [-0.15, -0.1) is 0 Å². The van der Waals surface area contributed by atoms with Crippen molar-refractivity contribution < 1.29 is 19.4 Å². The lowest BCUT2D eigenvalue weighted by Gasteiger charge is -2.29. The van der Waals surface area contributed by atoms with Crippen molar-refractivity contribution in [2.75, 3.05) is 7.11 Å². The van der Waals surface area contributed by atoms with E-state index in [9.17, 15) is 4.79 Å². The summed E-state index contributed by atoms with van der Waals surface area (Å²) in [7, 11) is 1.45. The first kappa shape index (κ1) is 9.98. The van der Waals surface area contributed by atoms with Crippen LogP contribution in [0.15, 0.2) is 24.3 Å². The van der Waals surface area contributed by atoms with Crippen molar-refractivity contribution in [1.29, 1.82) is 0 Å².